The van der Waals surface area contributed by atoms with Crippen LogP contribution in [-0.4, -0.2) is 19.2 Å². The first-order chi connectivity index (χ1) is 13.0. The average Bonchev–Trinajstić information content (AvgIpc) is 2.67. The zero-order chi connectivity index (χ0) is 19.6. The summed E-state index contributed by atoms with van der Waals surface area (Å²) in [5, 5.41) is 9.64. The number of aromatic nitrogens is 1. The molecule has 0 amide bonds. The van der Waals surface area contributed by atoms with Gasteiger partial charge < -0.3 is 15.2 Å². The van der Waals surface area contributed by atoms with Crippen molar-refractivity contribution in [3.8, 4) is 40.0 Å². The summed E-state index contributed by atoms with van der Waals surface area (Å²) in [6.07, 6.45) is 0. The highest BCUT2D eigenvalue weighted by Gasteiger charge is 2.17. The first-order valence-electron chi connectivity index (χ1n) is 8.49. The quantitative estimate of drug-likeness (QED) is 0.741. The number of methoxy groups -OCH3 is 2. The Morgan fingerprint density at radius 2 is 1.70 bits per heavy atom. The molecule has 0 aliphatic carbocycles. The number of ether oxygens (including phenoxy) is 2. The summed E-state index contributed by atoms with van der Waals surface area (Å²) in [5.41, 5.74) is 11.8. The number of nitriles is 1. The van der Waals surface area contributed by atoms with Crippen molar-refractivity contribution >= 4 is 5.82 Å². The van der Waals surface area contributed by atoms with Crippen LogP contribution in [0.4, 0.5) is 5.82 Å². The molecule has 0 aliphatic heterocycles. The molecule has 0 unspecified atom stereocenters. The summed E-state index contributed by atoms with van der Waals surface area (Å²) < 4.78 is 10.8. The van der Waals surface area contributed by atoms with Gasteiger partial charge in [0.25, 0.3) is 0 Å². The number of benzene rings is 2. The van der Waals surface area contributed by atoms with Crippen LogP contribution in [0.1, 0.15) is 16.7 Å². The van der Waals surface area contributed by atoms with Crippen LogP contribution in [0.25, 0.3) is 22.4 Å². The molecule has 3 aromatic rings. The Labute approximate surface area is 159 Å². The fourth-order valence-corrected chi connectivity index (χ4v) is 3.16. The molecule has 0 saturated heterocycles. The fourth-order valence-electron chi connectivity index (χ4n) is 3.16. The number of aryl methyl sites for hydroxylation is 2. The molecule has 0 atom stereocenters. The Balaban J connectivity index is 2.29. The first-order valence-corrected chi connectivity index (χ1v) is 8.49. The van der Waals surface area contributed by atoms with Crippen LogP contribution in [-0.2, 0) is 0 Å². The minimum Gasteiger partial charge on any atom is -0.497 e. The Bertz CT molecular complexity index is 1050. The smallest absolute Gasteiger partial charge is 0.142 e. The number of nitrogens with two attached hydrogens (primary N) is 1. The molecule has 5 heteroatoms. The lowest BCUT2D eigenvalue weighted by molar-refractivity contribution is 0.404. The van der Waals surface area contributed by atoms with Crippen LogP contribution in [0.2, 0.25) is 0 Å². The molecular formula is C22H21N3O2. The monoisotopic (exact) mass is 359 g/mol. The van der Waals surface area contributed by atoms with Crippen LogP contribution in [0.15, 0.2) is 42.5 Å². The highest BCUT2D eigenvalue weighted by molar-refractivity contribution is 5.83. The summed E-state index contributed by atoms with van der Waals surface area (Å²) in [6, 6.07) is 15.7. The molecule has 0 bridgehead atoms. The van der Waals surface area contributed by atoms with Gasteiger partial charge in [0.2, 0.25) is 0 Å². The van der Waals surface area contributed by atoms with Gasteiger partial charge in [-0.05, 0) is 49.2 Å². The Morgan fingerprint density at radius 3 is 2.33 bits per heavy atom. The third-order valence-corrected chi connectivity index (χ3v) is 4.51. The number of hydrogen-bond donors (Lipinski definition) is 1. The van der Waals surface area contributed by atoms with Crippen molar-refractivity contribution in [2.24, 2.45) is 0 Å². The largest absolute Gasteiger partial charge is 0.497 e. The number of rotatable bonds is 4. The molecule has 136 valence electrons. The van der Waals surface area contributed by atoms with Crippen molar-refractivity contribution in [2.75, 3.05) is 20.0 Å². The maximum atomic E-state index is 9.64. The molecule has 2 N–H and O–H groups in total. The van der Waals surface area contributed by atoms with E-state index in [1.807, 2.05) is 50.2 Å². The van der Waals surface area contributed by atoms with Gasteiger partial charge in [0.1, 0.15) is 28.9 Å². The number of nitrogen functional groups attached to an aromatic ring is 1. The maximum absolute atomic E-state index is 9.64. The van der Waals surface area contributed by atoms with Crippen molar-refractivity contribution < 1.29 is 9.47 Å². The zero-order valence-corrected chi connectivity index (χ0v) is 15.8. The van der Waals surface area contributed by atoms with E-state index < -0.39 is 0 Å². The molecule has 0 aliphatic rings. The standard InChI is InChI=1S/C22H21N3O2/c1-13-5-7-16(14(2)9-13)17-11-20(25-22(24)19(17)12-23)18-10-15(26-3)6-8-21(18)27-4/h5-11H,1-4H3,(H2,24,25). The Morgan fingerprint density at radius 1 is 0.926 bits per heavy atom. The maximum Gasteiger partial charge on any atom is 0.142 e. The third kappa shape index (κ3) is 3.42. The Kier molecular flexibility index (Phi) is 5.00. The van der Waals surface area contributed by atoms with Crippen molar-refractivity contribution in [2.45, 2.75) is 13.8 Å². The summed E-state index contributed by atoms with van der Waals surface area (Å²) in [5.74, 6) is 1.53. The SMILES string of the molecule is COc1ccc(OC)c(-c2cc(-c3ccc(C)cc3C)c(C#N)c(N)n2)c1. The van der Waals surface area contributed by atoms with E-state index in [9.17, 15) is 5.26 Å². The van der Waals surface area contributed by atoms with Gasteiger partial charge in [-0.2, -0.15) is 5.26 Å². The molecule has 0 saturated carbocycles. The van der Waals surface area contributed by atoms with Gasteiger partial charge in [0.15, 0.2) is 0 Å². The molecule has 1 heterocycles. The van der Waals surface area contributed by atoms with Gasteiger partial charge in [-0.25, -0.2) is 4.98 Å². The molecule has 0 radical (unpaired) electrons. The predicted molar refractivity (Wildman–Crippen MR) is 107 cm³/mol. The number of anilines is 1. The van der Waals surface area contributed by atoms with Gasteiger partial charge in [-0.15, -0.1) is 0 Å². The number of hydrogen-bond acceptors (Lipinski definition) is 5. The lowest BCUT2D eigenvalue weighted by atomic mass is 9.94. The lowest BCUT2D eigenvalue weighted by Crippen LogP contribution is -2.01. The summed E-state index contributed by atoms with van der Waals surface area (Å²) in [4.78, 5) is 4.45. The van der Waals surface area contributed by atoms with E-state index in [1.165, 1.54) is 0 Å². The normalized spacial score (nSPS) is 10.3. The molecule has 0 spiro atoms. The van der Waals surface area contributed by atoms with Crippen molar-refractivity contribution in [1.82, 2.24) is 4.98 Å². The second kappa shape index (κ2) is 7.38. The zero-order valence-electron chi connectivity index (χ0n) is 15.8. The van der Waals surface area contributed by atoms with Crippen molar-refractivity contribution in [3.05, 3.63) is 59.2 Å². The minimum absolute atomic E-state index is 0.190. The Hall–Kier alpha value is -3.52. The van der Waals surface area contributed by atoms with E-state index >= 15 is 0 Å². The van der Waals surface area contributed by atoms with Crippen molar-refractivity contribution in [3.63, 3.8) is 0 Å². The van der Waals surface area contributed by atoms with Gasteiger partial charge >= 0.3 is 0 Å². The van der Waals surface area contributed by atoms with Crippen molar-refractivity contribution in [1.29, 1.82) is 5.26 Å². The summed E-state index contributed by atoms with van der Waals surface area (Å²) in [7, 11) is 3.20. The van der Waals surface area contributed by atoms with E-state index in [0.717, 1.165) is 27.8 Å². The van der Waals surface area contributed by atoms with Crippen LogP contribution >= 0.6 is 0 Å². The number of nitrogens with zero attached hydrogens (tertiary/aromatic N) is 2. The lowest BCUT2D eigenvalue weighted by Gasteiger charge is -2.15. The van der Waals surface area contributed by atoms with Crippen LogP contribution in [0, 0.1) is 25.2 Å². The molecule has 1 aromatic heterocycles. The van der Waals surface area contributed by atoms with Gasteiger partial charge in [0.05, 0.1) is 19.9 Å². The topological polar surface area (TPSA) is 81.2 Å². The molecule has 3 rings (SSSR count). The molecule has 0 fully saturated rings. The van der Waals surface area contributed by atoms with Crippen LogP contribution in [0.5, 0.6) is 11.5 Å². The van der Waals surface area contributed by atoms with Crippen LogP contribution < -0.4 is 15.2 Å². The van der Waals surface area contributed by atoms with Gasteiger partial charge in [-0.1, -0.05) is 23.8 Å². The first kappa shape index (κ1) is 18.3. The van der Waals surface area contributed by atoms with E-state index in [-0.39, 0.29) is 5.82 Å². The predicted octanol–water partition coefficient (Wildman–Crippen LogP) is 4.50. The molecule has 2 aromatic carbocycles. The summed E-state index contributed by atoms with van der Waals surface area (Å²) in [6.45, 7) is 4.06. The average molecular weight is 359 g/mol. The highest BCUT2D eigenvalue weighted by Crippen LogP contribution is 2.37. The van der Waals surface area contributed by atoms with Crippen LogP contribution in [0.3, 0.4) is 0 Å². The molecular weight excluding hydrogens is 338 g/mol. The second-order valence-electron chi connectivity index (χ2n) is 6.31. The van der Waals surface area contributed by atoms with E-state index in [4.69, 9.17) is 15.2 Å². The van der Waals surface area contributed by atoms with E-state index in [1.54, 1.807) is 14.2 Å². The molecule has 27 heavy (non-hydrogen) atoms. The minimum atomic E-state index is 0.190. The van der Waals surface area contributed by atoms with Gasteiger partial charge in [-0.3, -0.25) is 0 Å². The second-order valence-corrected chi connectivity index (χ2v) is 6.31. The van der Waals surface area contributed by atoms with E-state index in [0.29, 0.717) is 22.8 Å². The fraction of sp³-hybridized carbons (Fsp3) is 0.182. The third-order valence-electron chi connectivity index (χ3n) is 4.51. The number of pyridine rings is 1. The molecule has 5 nitrogen and oxygen atoms in total. The van der Waals surface area contributed by atoms with E-state index in [2.05, 4.69) is 17.1 Å². The van der Waals surface area contributed by atoms with Gasteiger partial charge in [0, 0.05) is 11.1 Å². The summed E-state index contributed by atoms with van der Waals surface area (Å²) >= 11 is 0. The highest BCUT2D eigenvalue weighted by atomic mass is 16.5.